The number of aliphatic carboxylic acids is 1. The molecule has 0 heterocycles. The van der Waals surface area contributed by atoms with Crippen LogP contribution in [-0.2, 0) is 9.59 Å². The Balaban J connectivity index is 2.83. The molecule has 0 saturated heterocycles. The van der Waals surface area contributed by atoms with Crippen LogP contribution in [0.1, 0.15) is 33.1 Å². The van der Waals surface area contributed by atoms with Gasteiger partial charge in [-0.3, -0.25) is 9.59 Å². The van der Waals surface area contributed by atoms with Crippen molar-refractivity contribution < 1.29 is 23.5 Å². The van der Waals surface area contributed by atoms with E-state index < -0.39 is 28.9 Å². The summed E-state index contributed by atoms with van der Waals surface area (Å²) in [5.41, 5.74) is -1.33. The van der Waals surface area contributed by atoms with Crippen LogP contribution < -0.4 is 5.32 Å². The van der Waals surface area contributed by atoms with Crippen LogP contribution in [0.25, 0.3) is 0 Å². The number of amides is 1. The minimum Gasteiger partial charge on any atom is -0.481 e. The summed E-state index contributed by atoms with van der Waals surface area (Å²) in [7, 11) is 0. The maximum Gasteiger partial charge on any atom is 0.310 e. The zero-order valence-electron chi connectivity index (χ0n) is 11.4. The lowest BCUT2D eigenvalue weighted by Gasteiger charge is -2.25. The number of halogens is 2. The largest absolute Gasteiger partial charge is 0.481 e. The minimum absolute atomic E-state index is 0.164. The van der Waals surface area contributed by atoms with E-state index in [0.29, 0.717) is 6.07 Å². The summed E-state index contributed by atoms with van der Waals surface area (Å²) in [5.74, 6) is -3.31. The molecule has 2 N–H and O–H groups in total. The van der Waals surface area contributed by atoms with Gasteiger partial charge in [0.05, 0.1) is 11.1 Å². The van der Waals surface area contributed by atoms with Gasteiger partial charge in [0.2, 0.25) is 5.91 Å². The van der Waals surface area contributed by atoms with Crippen molar-refractivity contribution in [2.45, 2.75) is 33.1 Å². The van der Waals surface area contributed by atoms with Gasteiger partial charge in [-0.1, -0.05) is 13.8 Å². The van der Waals surface area contributed by atoms with Crippen LogP contribution >= 0.6 is 0 Å². The van der Waals surface area contributed by atoms with Crippen molar-refractivity contribution in [2.24, 2.45) is 5.41 Å². The van der Waals surface area contributed by atoms with Crippen LogP contribution in [0.3, 0.4) is 0 Å². The zero-order valence-corrected chi connectivity index (χ0v) is 11.4. The van der Waals surface area contributed by atoms with Gasteiger partial charge in [-0.15, -0.1) is 0 Å². The van der Waals surface area contributed by atoms with E-state index in [1.54, 1.807) is 13.8 Å². The lowest BCUT2D eigenvalue weighted by molar-refractivity contribution is -0.151. The Hall–Kier alpha value is -1.98. The molecule has 0 aliphatic heterocycles. The second kappa shape index (κ2) is 6.45. The summed E-state index contributed by atoms with van der Waals surface area (Å²) in [6, 6.07) is 2.77. The van der Waals surface area contributed by atoms with Crippen LogP contribution in [0.4, 0.5) is 14.5 Å². The fourth-order valence-corrected chi connectivity index (χ4v) is 1.97. The maximum atomic E-state index is 13.4. The van der Waals surface area contributed by atoms with Crippen molar-refractivity contribution in [3.63, 3.8) is 0 Å². The summed E-state index contributed by atoms with van der Waals surface area (Å²) in [4.78, 5) is 23.1. The Kier molecular flexibility index (Phi) is 5.19. The molecule has 1 rings (SSSR count). The first-order valence-electron chi connectivity index (χ1n) is 6.33. The van der Waals surface area contributed by atoms with Crippen LogP contribution in [0, 0.1) is 17.0 Å². The number of hydrogen-bond donors (Lipinski definition) is 2. The normalized spacial score (nSPS) is 11.2. The third-order valence-electron chi connectivity index (χ3n) is 3.51. The Morgan fingerprint density at radius 2 is 1.85 bits per heavy atom. The molecule has 0 unspecified atom stereocenters. The molecule has 0 bridgehead atoms. The molecule has 0 spiro atoms. The van der Waals surface area contributed by atoms with E-state index in [2.05, 4.69) is 5.32 Å². The third kappa shape index (κ3) is 3.53. The Labute approximate surface area is 115 Å². The lowest BCUT2D eigenvalue weighted by Crippen LogP contribution is -2.34. The van der Waals surface area contributed by atoms with E-state index >= 15 is 0 Å². The molecule has 6 heteroatoms. The molecule has 0 saturated carbocycles. The number of rotatable bonds is 6. The van der Waals surface area contributed by atoms with Crippen molar-refractivity contribution in [3.8, 4) is 0 Å². The fourth-order valence-electron chi connectivity index (χ4n) is 1.97. The van der Waals surface area contributed by atoms with Gasteiger partial charge in [0.1, 0.15) is 11.6 Å². The van der Waals surface area contributed by atoms with E-state index in [1.807, 2.05) is 0 Å². The van der Waals surface area contributed by atoms with E-state index in [4.69, 9.17) is 0 Å². The average Bonchev–Trinajstić information content (AvgIpc) is 2.39. The third-order valence-corrected chi connectivity index (χ3v) is 3.51. The molecule has 0 aromatic heterocycles. The van der Waals surface area contributed by atoms with E-state index in [9.17, 15) is 23.5 Å². The number of benzene rings is 1. The summed E-state index contributed by atoms with van der Waals surface area (Å²) in [5, 5.41) is 11.5. The molecule has 0 aliphatic rings. The molecule has 4 nitrogen and oxygen atoms in total. The van der Waals surface area contributed by atoms with Gasteiger partial charge in [-0.2, -0.15) is 0 Å². The molecule has 110 valence electrons. The molecule has 0 radical (unpaired) electrons. The molecule has 0 fully saturated rings. The second-order valence-electron chi connectivity index (χ2n) is 4.64. The monoisotopic (exact) mass is 285 g/mol. The summed E-state index contributed by atoms with van der Waals surface area (Å²) in [6.45, 7) is 3.37. The van der Waals surface area contributed by atoms with Crippen molar-refractivity contribution in [3.05, 3.63) is 29.8 Å². The van der Waals surface area contributed by atoms with Gasteiger partial charge in [0.15, 0.2) is 0 Å². The molecule has 1 amide bonds. The van der Waals surface area contributed by atoms with Gasteiger partial charge >= 0.3 is 5.97 Å². The topological polar surface area (TPSA) is 66.4 Å². The smallest absolute Gasteiger partial charge is 0.310 e. The number of carboxylic acid groups (broad SMARTS) is 1. The average molecular weight is 285 g/mol. The zero-order chi connectivity index (χ0) is 15.3. The minimum atomic E-state index is -1.17. The first kappa shape index (κ1) is 16.1. The Bertz CT molecular complexity index is 513. The Morgan fingerprint density at radius 1 is 1.25 bits per heavy atom. The van der Waals surface area contributed by atoms with Gasteiger partial charge in [0.25, 0.3) is 0 Å². The molecule has 1 aromatic carbocycles. The predicted octanol–water partition coefficient (Wildman–Crippen LogP) is 3.18. The number of carboxylic acids is 1. The molecule has 20 heavy (non-hydrogen) atoms. The van der Waals surface area contributed by atoms with Gasteiger partial charge < -0.3 is 10.4 Å². The first-order chi connectivity index (χ1) is 9.34. The molecule has 0 aliphatic carbocycles. The number of carbonyl (C=O) groups is 2. The van der Waals surface area contributed by atoms with Crippen LogP contribution in [0.15, 0.2) is 18.2 Å². The highest BCUT2D eigenvalue weighted by molar-refractivity contribution is 5.94. The first-order valence-corrected chi connectivity index (χ1v) is 6.33. The van der Waals surface area contributed by atoms with Gasteiger partial charge in [0, 0.05) is 12.5 Å². The number of carbonyl (C=O) groups excluding carboxylic acids is 1. The second-order valence-corrected chi connectivity index (χ2v) is 4.64. The van der Waals surface area contributed by atoms with E-state index in [1.165, 1.54) is 0 Å². The highest BCUT2D eigenvalue weighted by Gasteiger charge is 2.37. The van der Waals surface area contributed by atoms with Crippen LogP contribution in [-0.4, -0.2) is 17.0 Å². The van der Waals surface area contributed by atoms with E-state index in [0.717, 1.165) is 12.1 Å². The maximum absolute atomic E-state index is 13.4. The van der Waals surface area contributed by atoms with Crippen molar-refractivity contribution in [2.75, 3.05) is 5.32 Å². The number of anilines is 1. The summed E-state index contributed by atoms with van der Waals surface area (Å²) < 4.78 is 26.1. The van der Waals surface area contributed by atoms with Crippen molar-refractivity contribution in [1.82, 2.24) is 0 Å². The number of nitrogens with one attached hydrogen (secondary N) is 1. The molecule has 1 aromatic rings. The van der Waals surface area contributed by atoms with Crippen molar-refractivity contribution in [1.29, 1.82) is 0 Å². The summed E-state index contributed by atoms with van der Waals surface area (Å²) >= 11 is 0. The lowest BCUT2D eigenvalue weighted by atomic mass is 9.79. The fraction of sp³-hybridized carbons (Fsp3) is 0.429. The van der Waals surface area contributed by atoms with Crippen molar-refractivity contribution >= 4 is 17.6 Å². The van der Waals surface area contributed by atoms with Gasteiger partial charge in [-0.25, -0.2) is 8.78 Å². The Morgan fingerprint density at radius 3 is 2.30 bits per heavy atom. The SMILES string of the molecule is CCC(CC)(CC(=O)Nc1ccc(F)cc1F)C(=O)O. The van der Waals surface area contributed by atoms with E-state index in [-0.39, 0.29) is 24.9 Å². The van der Waals surface area contributed by atoms with Crippen LogP contribution in [0.2, 0.25) is 0 Å². The molecule has 0 atom stereocenters. The van der Waals surface area contributed by atoms with Crippen LogP contribution in [0.5, 0.6) is 0 Å². The van der Waals surface area contributed by atoms with Gasteiger partial charge in [-0.05, 0) is 25.0 Å². The standard InChI is InChI=1S/C14H17F2NO3/c1-3-14(4-2,13(19)20)8-12(18)17-11-6-5-9(15)7-10(11)16/h5-7H,3-4,8H2,1-2H3,(H,17,18)(H,19,20). The molecular formula is C14H17F2NO3. The quantitative estimate of drug-likeness (QED) is 0.843. The number of hydrogen-bond acceptors (Lipinski definition) is 2. The summed E-state index contributed by atoms with van der Waals surface area (Å²) in [6.07, 6.45) is 0.322. The molecular weight excluding hydrogens is 268 g/mol. The highest BCUT2D eigenvalue weighted by atomic mass is 19.1. The predicted molar refractivity (Wildman–Crippen MR) is 70.3 cm³/mol. The highest BCUT2D eigenvalue weighted by Crippen LogP contribution is 2.31.